The average Bonchev–Trinajstić information content (AvgIpc) is 2.58. The van der Waals surface area contributed by atoms with Crippen LogP contribution in [0.3, 0.4) is 0 Å². The first-order valence-corrected chi connectivity index (χ1v) is 10.7. The molecule has 2 N–H and O–H groups in total. The van der Waals surface area contributed by atoms with Crippen molar-refractivity contribution in [2.45, 2.75) is 24.8 Å². The lowest BCUT2D eigenvalue weighted by Gasteiger charge is -2.23. The summed E-state index contributed by atoms with van der Waals surface area (Å²) in [5.74, 6) is 0. The number of nitrogens with zero attached hydrogens (tertiary/aromatic N) is 1. The van der Waals surface area contributed by atoms with Gasteiger partial charge in [-0.05, 0) is 49.2 Å². The Labute approximate surface area is 168 Å². The molecule has 0 fully saturated rings. The van der Waals surface area contributed by atoms with Gasteiger partial charge >= 0.3 is 0 Å². The summed E-state index contributed by atoms with van der Waals surface area (Å²) in [5.41, 5.74) is 3.59. The Kier molecular flexibility index (Phi) is 6.92. The maximum absolute atomic E-state index is 12.8. The van der Waals surface area contributed by atoms with E-state index in [1.54, 1.807) is 26.0 Å². The Hall–Kier alpha value is -1.60. The summed E-state index contributed by atoms with van der Waals surface area (Å²) in [6.07, 6.45) is 0. The molecule has 0 heterocycles. The third-order valence-electron chi connectivity index (χ3n) is 4.73. The van der Waals surface area contributed by atoms with Crippen LogP contribution in [0.4, 0.5) is 5.69 Å². The van der Waals surface area contributed by atoms with E-state index in [4.69, 9.17) is 11.6 Å². The predicted molar refractivity (Wildman–Crippen MR) is 112 cm³/mol. The van der Waals surface area contributed by atoms with Crippen molar-refractivity contribution in [3.63, 3.8) is 0 Å². The highest BCUT2D eigenvalue weighted by Crippen LogP contribution is 2.24. The van der Waals surface area contributed by atoms with Crippen molar-refractivity contribution in [3.8, 4) is 0 Å². The molecule has 0 aliphatic rings. The van der Waals surface area contributed by atoms with Gasteiger partial charge in [-0.15, -0.1) is 0 Å². The van der Waals surface area contributed by atoms with Crippen molar-refractivity contribution in [3.05, 3.63) is 58.1 Å². The molecule has 0 saturated carbocycles. The van der Waals surface area contributed by atoms with Gasteiger partial charge in [-0.3, -0.25) is 0 Å². The van der Waals surface area contributed by atoms with Crippen LogP contribution in [0.1, 0.15) is 22.7 Å². The molecule has 0 aliphatic heterocycles. The van der Waals surface area contributed by atoms with Gasteiger partial charge in [-0.1, -0.05) is 23.7 Å². The Bertz CT molecular complexity index is 894. The molecule has 0 aromatic heterocycles. The Balaban J connectivity index is 2.24. The van der Waals surface area contributed by atoms with E-state index in [2.05, 4.69) is 16.9 Å². The summed E-state index contributed by atoms with van der Waals surface area (Å²) in [6, 6.07) is 11.5. The number of sulfonamides is 1. The summed E-state index contributed by atoms with van der Waals surface area (Å²) in [4.78, 5) is 3.47. The van der Waals surface area contributed by atoms with Gasteiger partial charge in [0.1, 0.15) is 6.04 Å². The van der Waals surface area contributed by atoms with Crippen molar-refractivity contribution >= 4 is 27.3 Å². The highest BCUT2D eigenvalue weighted by Gasteiger charge is 2.24. The fraction of sp³-hybridized carbons (Fsp3) is 0.400. The number of halogens is 1. The van der Waals surface area contributed by atoms with Crippen LogP contribution in [-0.2, 0) is 10.0 Å². The molecular weight excluding hydrogens is 382 g/mol. The molecule has 0 saturated heterocycles. The second-order valence-corrected chi connectivity index (χ2v) is 9.48. The van der Waals surface area contributed by atoms with Gasteiger partial charge < -0.3 is 9.80 Å². The summed E-state index contributed by atoms with van der Waals surface area (Å²) >= 11 is 6.10. The average molecular weight is 411 g/mol. The highest BCUT2D eigenvalue weighted by atomic mass is 35.5. The first-order chi connectivity index (χ1) is 12.5. The lowest BCUT2D eigenvalue weighted by Crippen LogP contribution is -3.07. The molecule has 7 heteroatoms. The normalized spacial score (nSPS) is 13.0. The molecule has 148 valence electrons. The fourth-order valence-corrected chi connectivity index (χ4v) is 4.55. The molecule has 0 bridgehead atoms. The van der Waals surface area contributed by atoms with Crippen LogP contribution in [0.25, 0.3) is 0 Å². The zero-order valence-corrected chi connectivity index (χ0v) is 18.4. The molecule has 0 amide bonds. The van der Waals surface area contributed by atoms with E-state index in [1.807, 2.05) is 45.2 Å². The molecule has 5 nitrogen and oxygen atoms in total. The second kappa shape index (κ2) is 8.61. The third kappa shape index (κ3) is 5.23. The molecule has 1 atom stereocenters. The molecule has 27 heavy (non-hydrogen) atoms. The van der Waals surface area contributed by atoms with Gasteiger partial charge in [0.15, 0.2) is 0 Å². The van der Waals surface area contributed by atoms with Crippen molar-refractivity contribution in [1.29, 1.82) is 0 Å². The van der Waals surface area contributed by atoms with Crippen molar-refractivity contribution < 1.29 is 13.3 Å². The van der Waals surface area contributed by atoms with E-state index in [0.717, 1.165) is 21.7 Å². The minimum Gasteiger partial charge on any atom is -0.378 e. The first kappa shape index (κ1) is 21.7. The molecule has 2 aromatic carbocycles. The first-order valence-electron chi connectivity index (χ1n) is 8.86. The Morgan fingerprint density at radius 1 is 1.07 bits per heavy atom. The SMILES string of the molecule is Cc1cc(S(=O)(=O)NC[C@H](c2ccc(N(C)C)cc2)[NH+](C)C)c(C)cc1Cl. The monoisotopic (exact) mass is 410 g/mol. The molecule has 0 spiro atoms. The number of benzene rings is 2. The number of rotatable bonds is 7. The summed E-state index contributed by atoms with van der Waals surface area (Å²) < 4.78 is 28.5. The standard InChI is InChI=1S/C20H28ClN3O2S/c1-14-12-20(15(2)11-18(14)21)27(25,26)22-13-19(24(5)6)16-7-9-17(10-8-16)23(3)4/h7-12,19,22H,13H2,1-6H3/p+1/t19-/m1/s1. The zero-order valence-electron chi connectivity index (χ0n) is 16.8. The maximum atomic E-state index is 12.8. The van der Waals surface area contributed by atoms with E-state index < -0.39 is 10.0 Å². The summed E-state index contributed by atoms with van der Waals surface area (Å²) in [5, 5.41) is 0.572. The van der Waals surface area contributed by atoms with Crippen LogP contribution in [0.2, 0.25) is 5.02 Å². The predicted octanol–water partition coefficient (Wildman–Crippen LogP) is 2.19. The quantitative estimate of drug-likeness (QED) is 0.735. The van der Waals surface area contributed by atoms with Gasteiger partial charge in [-0.2, -0.15) is 0 Å². The summed E-state index contributed by atoms with van der Waals surface area (Å²) in [7, 11) is 4.42. The largest absolute Gasteiger partial charge is 0.378 e. The van der Waals surface area contributed by atoms with Crippen LogP contribution in [-0.4, -0.2) is 43.2 Å². The number of nitrogens with one attached hydrogen (secondary N) is 2. The van der Waals surface area contributed by atoms with E-state index in [0.29, 0.717) is 17.1 Å². The number of hydrogen-bond donors (Lipinski definition) is 2. The Morgan fingerprint density at radius 3 is 2.19 bits per heavy atom. The lowest BCUT2D eigenvalue weighted by molar-refractivity contribution is -0.890. The number of hydrogen-bond acceptors (Lipinski definition) is 3. The van der Waals surface area contributed by atoms with E-state index in [-0.39, 0.29) is 10.9 Å². The second-order valence-electron chi connectivity index (χ2n) is 7.33. The van der Waals surface area contributed by atoms with E-state index >= 15 is 0 Å². The van der Waals surface area contributed by atoms with Gasteiger partial charge in [0.05, 0.1) is 25.5 Å². The van der Waals surface area contributed by atoms with Crippen molar-refractivity contribution in [1.82, 2.24) is 4.72 Å². The lowest BCUT2D eigenvalue weighted by atomic mass is 10.1. The van der Waals surface area contributed by atoms with Gasteiger partial charge in [0.25, 0.3) is 0 Å². The van der Waals surface area contributed by atoms with Crippen LogP contribution in [0.5, 0.6) is 0 Å². The maximum Gasteiger partial charge on any atom is 0.241 e. The van der Waals surface area contributed by atoms with Gasteiger partial charge in [0, 0.05) is 30.4 Å². The molecule has 0 aliphatic carbocycles. The molecule has 0 unspecified atom stereocenters. The van der Waals surface area contributed by atoms with Crippen molar-refractivity contribution in [2.75, 3.05) is 39.6 Å². The highest BCUT2D eigenvalue weighted by molar-refractivity contribution is 7.89. The van der Waals surface area contributed by atoms with Gasteiger partial charge in [0.2, 0.25) is 10.0 Å². The summed E-state index contributed by atoms with van der Waals surface area (Å²) in [6.45, 7) is 3.88. The molecule has 2 rings (SSSR count). The number of quaternary nitrogens is 1. The van der Waals surface area contributed by atoms with Crippen molar-refractivity contribution in [2.24, 2.45) is 0 Å². The minimum atomic E-state index is -3.62. The zero-order chi connectivity index (χ0) is 20.4. The van der Waals surface area contributed by atoms with E-state index in [1.165, 1.54) is 0 Å². The fourth-order valence-electron chi connectivity index (χ4n) is 2.97. The molecular formula is C20H29ClN3O2S+. The minimum absolute atomic E-state index is 0.00434. The van der Waals surface area contributed by atoms with Crippen LogP contribution in [0, 0.1) is 13.8 Å². The van der Waals surface area contributed by atoms with Crippen LogP contribution in [0.15, 0.2) is 41.3 Å². The van der Waals surface area contributed by atoms with Gasteiger partial charge in [-0.25, -0.2) is 13.1 Å². The van der Waals surface area contributed by atoms with Crippen LogP contribution < -0.4 is 14.5 Å². The molecule has 0 radical (unpaired) electrons. The van der Waals surface area contributed by atoms with Crippen LogP contribution >= 0.6 is 11.6 Å². The molecule has 2 aromatic rings. The number of likely N-dealkylation sites (N-methyl/N-ethyl adjacent to an activating group) is 1. The topological polar surface area (TPSA) is 53.9 Å². The third-order valence-corrected chi connectivity index (χ3v) is 6.70. The number of aryl methyl sites for hydroxylation is 2. The Morgan fingerprint density at radius 2 is 1.67 bits per heavy atom. The smallest absolute Gasteiger partial charge is 0.241 e. The number of anilines is 1. The van der Waals surface area contributed by atoms with E-state index in [9.17, 15) is 8.42 Å².